The summed E-state index contributed by atoms with van der Waals surface area (Å²) >= 11 is 3.07. The minimum atomic E-state index is -1.17. The number of ether oxygens (including phenoxy) is 1. The van der Waals surface area contributed by atoms with Gasteiger partial charge >= 0.3 is 5.97 Å². The summed E-state index contributed by atoms with van der Waals surface area (Å²) in [5.74, 6) is -1.21. The van der Waals surface area contributed by atoms with Gasteiger partial charge in [0.25, 0.3) is 5.69 Å². The topological polar surface area (TPSA) is 86.5 Å². The van der Waals surface area contributed by atoms with Gasteiger partial charge in [0.15, 0.2) is 6.10 Å². The quantitative estimate of drug-likeness (QED) is 0.229. The highest BCUT2D eigenvalue weighted by Crippen LogP contribution is 2.28. The van der Waals surface area contributed by atoms with Crippen LogP contribution in [0.2, 0.25) is 0 Å². The van der Waals surface area contributed by atoms with Gasteiger partial charge in [0, 0.05) is 17.2 Å². The summed E-state index contributed by atoms with van der Waals surface area (Å²) in [6, 6.07) is 21.0. The Balaban J connectivity index is 1.94. The lowest BCUT2D eigenvalue weighted by Crippen LogP contribution is -2.20. The molecular weight excluding hydrogens is 426 g/mol. The second-order valence-electron chi connectivity index (χ2n) is 5.85. The number of carbonyl (C=O) groups excluding carboxylic acids is 2. The first-order valence-corrected chi connectivity index (χ1v) is 9.06. The Hall–Kier alpha value is -3.32. The van der Waals surface area contributed by atoms with E-state index in [0.29, 0.717) is 11.1 Å². The summed E-state index contributed by atoms with van der Waals surface area (Å²) < 4.78 is 5.73. The first kappa shape index (κ1) is 19.4. The third kappa shape index (κ3) is 4.32. The molecule has 0 amide bonds. The van der Waals surface area contributed by atoms with E-state index in [4.69, 9.17) is 4.74 Å². The van der Waals surface area contributed by atoms with Crippen LogP contribution in [0.5, 0.6) is 0 Å². The van der Waals surface area contributed by atoms with Crippen LogP contribution in [0.25, 0.3) is 0 Å². The molecule has 0 heterocycles. The van der Waals surface area contributed by atoms with Gasteiger partial charge in [0.05, 0.1) is 15.0 Å². The largest absolute Gasteiger partial charge is 0.445 e. The maximum atomic E-state index is 12.9. The molecule has 0 bridgehead atoms. The van der Waals surface area contributed by atoms with Crippen LogP contribution in [0.15, 0.2) is 83.3 Å². The van der Waals surface area contributed by atoms with Gasteiger partial charge in [-0.25, -0.2) is 4.79 Å². The number of nitrogens with zero attached hydrogens (tertiary/aromatic N) is 1. The molecule has 3 rings (SSSR count). The standard InChI is InChI=1S/C21H14BrNO5/c22-17-12-11-16(13-18(17)23(26)27)21(25)28-20(15-9-5-2-6-10-15)19(24)14-7-3-1-4-8-14/h1-13,20H/t20-/m1/s1. The Morgan fingerprint density at radius 2 is 1.50 bits per heavy atom. The van der Waals surface area contributed by atoms with Gasteiger partial charge in [-0.3, -0.25) is 14.9 Å². The van der Waals surface area contributed by atoms with E-state index in [1.807, 2.05) is 0 Å². The van der Waals surface area contributed by atoms with Crippen molar-refractivity contribution in [3.63, 3.8) is 0 Å². The van der Waals surface area contributed by atoms with Crippen LogP contribution < -0.4 is 0 Å². The molecule has 0 aliphatic carbocycles. The Kier molecular flexibility index (Phi) is 5.96. The van der Waals surface area contributed by atoms with Crippen molar-refractivity contribution in [1.29, 1.82) is 0 Å². The average molecular weight is 440 g/mol. The van der Waals surface area contributed by atoms with Crippen LogP contribution in [-0.4, -0.2) is 16.7 Å². The molecule has 0 aromatic heterocycles. The molecular formula is C21H14BrNO5. The number of nitro benzene ring substituents is 1. The lowest BCUT2D eigenvalue weighted by atomic mass is 10.00. The second-order valence-corrected chi connectivity index (χ2v) is 6.70. The molecule has 0 unspecified atom stereocenters. The smallest absolute Gasteiger partial charge is 0.339 e. The fraction of sp³-hybridized carbons (Fsp3) is 0.0476. The summed E-state index contributed by atoms with van der Waals surface area (Å²) in [4.78, 5) is 36.1. The number of hydrogen-bond acceptors (Lipinski definition) is 5. The van der Waals surface area contributed by atoms with Gasteiger partial charge < -0.3 is 4.74 Å². The van der Waals surface area contributed by atoms with E-state index in [9.17, 15) is 19.7 Å². The lowest BCUT2D eigenvalue weighted by Gasteiger charge is -2.17. The fourth-order valence-corrected chi connectivity index (χ4v) is 3.00. The third-order valence-corrected chi connectivity index (χ3v) is 4.67. The Labute approximate surface area is 169 Å². The molecule has 3 aromatic carbocycles. The second kappa shape index (κ2) is 8.58. The number of carbonyl (C=O) groups is 2. The first-order chi connectivity index (χ1) is 13.5. The van der Waals surface area contributed by atoms with Gasteiger partial charge in [-0.2, -0.15) is 0 Å². The molecule has 0 saturated carbocycles. The van der Waals surface area contributed by atoms with Crippen molar-refractivity contribution in [2.75, 3.05) is 0 Å². The van der Waals surface area contributed by atoms with Crippen LogP contribution in [0.1, 0.15) is 32.4 Å². The van der Waals surface area contributed by atoms with Crippen LogP contribution in [0, 0.1) is 10.1 Å². The van der Waals surface area contributed by atoms with E-state index in [1.165, 1.54) is 12.1 Å². The minimum Gasteiger partial charge on any atom is -0.445 e. The van der Waals surface area contributed by atoms with Crippen LogP contribution in [-0.2, 0) is 4.74 Å². The molecule has 7 heteroatoms. The van der Waals surface area contributed by atoms with Gasteiger partial charge in [-0.05, 0) is 28.1 Å². The highest BCUT2D eigenvalue weighted by atomic mass is 79.9. The van der Waals surface area contributed by atoms with E-state index in [2.05, 4.69) is 15.9 Å². The fourth-order valence-electron chi connectivity index (χ4n) is 2.61. The highest BCUT2D eigenvalue weighted by Gasteiger charge is 2.27. The number of esters is 1. The highest BCUT2D eigenvalue weighted by molar-refractivity contribution is 9.10. The van der Waals surface area contributed by atoms with Gasteiger partial charge in [0.1, 0.15) is 0 Å². The normalized spacial score (nSPS) is 11.5. The molecule has 0 radical (unpaired) electrons. The summed E-state index contributed by atoms with van der Waals surface area (Å²) in [6.07, 6.45) is -1.17. The number of rotatable bonds is 6. The van der Waals surface area contributed by atoms with E-state index in [-0.39, 0.29) is 21.5 Å². The predicted octanol–water partition coefficient (Wildman–Crippen LogP) is 5.14. The average Bonchev–Trinajstić information content (AvgIpc) is 2.72. The molecule has 0 aliphatic rings. The molecule has 0 fully saturated rings. The number of nitro groups is 1. The lowest BCUT2D eigenvalue weighted by molar-refractivity contribution is -0.385. The van der Waals surface area contributed by atoms with E-state index >= 15 is 0 Å². The Morgan fingerprint density at radius 3 is 2.11 bits per heavy atom. The summed E-state index contributed by atoms with van der Waals surface area (Å²) in [7, 11) is 0. The first-order valence-electron chi connectivity index (χ1n) is 8.26. The van der Waals surface area contributed by atoms with Crippen LogP contribution in [0.3, 0.4) is 0 Å². The minimum absolute atomic E-state index is 0.0170. The van der Waals surface area contributed by atoms with Crippen molar-refractivity contribution in [3.05, 3.63) is 110 Å². The number of hydrogen-bond donors (Lipinski definition) is 0. The number of Topliss-reactive ketones (excluding diaryl/α,β-unsaturated/α-hetero) is 1. The molecule has 0 N–H and O–H groups in total. The molecule has 140 valence electrons. The number of ketones is 1. The number of benzene rings is 3. The van der Waals surface area contributed by atoms with E-state index in [0.717, 1.165) is 6.07 Å². The number of halogens is 1. The van der Waals surface area contributed by atoms with Gasteiger partial charge in [-0.1, -0.05) is 60.7 Å². The van der Waals surface area contributed by atoms with Crippen molar-refractivity contribution in [2.45, 2.75) is 6.10 Å². The summed E-state index contributed by atoms with van der Waals surface area (Å²) in [5.41, 5.74) is 0.624. The molecule has 0 aliphatic heterocycles. The third-order valence-electron chi connectivity index (χ3n) is 4.00. The molecule has 6 nitrogen and oxygen atoms in total. The zero-order valence-corrected chi connectivity index (χ0v) is 16.0. The van der Waals surface area contributed by atoms with Crippen molar-refractivity contribution >= 4 is 33.4 Å². The summed E-state index contributed by atoms with van der Waals surface area (Å²) in [5, 5.41) is 11.1. The van der Waals surface area contributed by atoms with Gasteiger partial charge in [0.2, 0.25) is 5.78 Å². The predicted molar refractivity (Wildman–Crippen MR) is 106 cm³/mol. The van der Waals surface area contributed by atoms with Crippen molar-refractivity contribution in [2.24, 2.45) is 0 Å². The molecule has 0 spiro atoms. The van der Waals surface area contributed by atoms with E-state index in [1.54, 1.807) is 60.7 Å². The summed E-state index contributed by atoms with van der Waals surface area (Å²) in [6.45, 7) is 0. The maximum absolute atomic E-state index is 12.9. The van der Waals surface area contributed by atoms with E-state index < -0.39 is 17.0 Å². The Bertz CT molecular complexity index is 1020. The zero-order chi connectivity index (χ0) is 20.1. The molecule has 3 aromatic rings. The van der Waals surface area contributed by atoms with Crippen LogP contribution >= 0.6 is 15.9 Å². The monoisotopic (exact) mass is 439 g/mol. The zero-order valence-electron chi connectivity index (χ0n) is 14.4. The van der Waals surface area contributed by atoms with Crippen molar-refractivity contribution in [1.82, 2.24) is 0 Å². The van der Waals surface area contributed by atoms with Gasteiger partial charge in [-0.15, -0.1) is 0 Å². The van der Waals surface area contributed by atoms with Crippen molar-refractivity contribution < 1.29 is 19.2 Å². The molecule has 0 saturated heterocycles. The maximum Gasteiger partial charge on any atom is 0.339 e. The molecule has 1 atom stereocenters. The SMILES string of the molecule is O=C(O[C@@H](C(=O)c1ccccc1)c1ccccc1)c1ccc(Br)c([N+](=O)[O-])c1. The molecule has 28 heavy (non-hydrogen) atoms. The Morgan fingerprint density at radius 1 is 0.893 bits per heavy atom. The van der Waals surface area contributed by atoms with Crippen molar-refractivity contribution in [3.8, 4) is 0 Å². The van der Waals surface area contributed by atoms with Crippen LogP contribution in [0.4, 0.5) is 5.69 Å².